The van der Waals surface area contributed by atoms with E-state index < -0.39 is 12.1 Å². The molecule has 0 aliphatic heterocycles. The van der Waals surface area contributed by atoms with Crippen molar-refractivity contribution in [3.05, 3.63) is 76.5 Å². The van der Waals surface area contributed by atoms with Crippen LogP contribution < -0.4 is 0 Å². The van der Waals surface area contributed by atoms with Crippen LogP contribution in [0.4, 0.5) is 0 Å². The lowest BCUT2D eigenvalue weighted by Crippen LogP contribution is -2.35. The molecule has 31 heavy (non-hydrogen) atoms. The summed E-state index contributed by atoms with van der Waals surface area (Å²) in [6.45, 7) is 3.67. The van der Waals surface area contributed by atoms with Crippen LogP contribution in [0.1, 0.15) is 46.1 Å². The molecule has 0 N–H and O–H groups in total. The van der Waals surface area contributed by atoms with Crippen LogP contribution in [0.15, 0.2) is 48.5 Å². The highest BCUT2D eigenvalue weighted by Crippen LogP contribution is 2.38. The summed E-state index contributed by atoms with van der Waals surface area (Å²) < 4.78 is 5.58. The number of ether oxygens (including phenoxy) is 1. The first-order chi connectivity index (χ1) is 14.8. The van der Waals surface area contributed by atoms with Crippen molar-refractivity contribution >= 4 is 34.4 Å². The van der Waals surface area contributed by atoms with Gasteiger partial charge in [-0.05, 0) is 55.5 Å². The first kappa shape index (κ1) is 20.8. The largest absolute Gasteiger partial charge is 0.449 e. The van der Waals surface area contributed by atoms with Crippen LogP contribution in [0.25, 0.3) is 22.6 Å². The molecule has 1 aromatic heterocycles. The van der Waals surface area contributed by atoms with Gasteiger partial charge in [0.15, 0.2) is 6.10 Å². The minimum atomic E-state index is -0.853. The molecular formula is C26H26N2O3. The molecule has 2 aromatic carbocycles. The summed E-state index contributed by atoms with van der Waals surface area (Å²) in [5, 5.41) is 0.757. The molecule has 0 radical (unpaired) electrons. The third-order valence-corrected chi connectivity index (χ3v) is 5.64. The molecule has 4 rings (SSSR count). The van der Waals surface area contributed by atoms with Gasteiger partial charge in [0.25, 0.3) is 5.91 Å². The number of para-hydroxylation sites is 1. The zero-order valence-electron chi connectivity index (χ0n) is 18.3. The Morgan fingerprint density at radius 1 is 1.06 bits per heavy atom. The summed E-state index contributed by atoms with van der Waals surface area (Å²) >= 11 is 0. The number of likely N-dealkylation sites (N-methyl/N-ethyl adjacent to an activating group) is 1. The lowest BCUT2D eigenvalue weighted by molar-refractivity contribution is -0.137. The molecule has 1 amide bonds. The average Bonchev–Trinajstić information content (AvgIpc) is 3.14. The lowest BCUT2D eigenvalue weighted by Gasteiger charge is -2.18. The minimum absolute atomic E-state index is 0.247. The van der Waals surface area contributed by atoms with Gasteiger partial charge < -0.3 is 9.64 Å². The van der Waals surface area contributed by atoms with Crippen molar-refractivity contribution in [2.24, 2.45) is 0 Å². The van der Waals surface area contributed by atoms with Gasteiger partial charge in [-0.1, -0.05) is 48.0 Å². The van der Waals surface area contributed by atoms with E-state index in [2.05, 4.69) is 37.3 Å². The van der Waals surface area contributed by atoms with E-state index in [1.165, 1.54) is 10.5 Å². The molecule has 0 saturated carbocycles. The summed E-state index contributed by atoms with van der Waals surface area (Å²) in [5.74, 6) is -0.725. The molecule has 0 fully saturated rings. The minimum Gasteiger partial charge on any atom is -0.449 e. The lowest BCUT2D eigenvalue weighted by atomic mass is 10.0. The first-order valence-corrected chi connectivity index (χ1v) is 10.5. The number of esters is 1. The van der Waals surface area contributed by atoms with E-state index in [9.17, 15) is 9.59 Å². The van der Waals surface area contributed by atoms with Crippen LogP contribution in [0.5, 0.6) is 0 Å². The topological polar surface area (TPSA) is 59.5 Å². The maximum atomic E-state index is 13.2. The number of allylic oxidation sites excluding steroid dienone is 1. The molecule has 1 heterocycles. The Kier molecular flexibility index (Phi) is 5.59. The molecule has 0 spiro atoms. The Labute approximate surface area is 182 Å². The number of benzene rings is 2. The highest BCUT2D eigenvalue weighted by molar-refractivity contribution is 6.07. The second-order valence-electron chi connectivity index (χ2n) is 8.19. The van der Waals surface area contributed by atoms with Gasteiger partial charge in [0.1, 0.15) is 0 Å². The normalized spacial score (nSPS) is 15.0. The second kappa shape index (κ2) is 8.34. The molecular weight excluding hydrogens is 388 g/mol. The summed E-state index contributed by atoms with van der Waals surface area (Å²) in [6, 6.07) is 15.9. The van der Waals surface area contributed by atoms with E-state index in [4.69, 9.17) is 9.72 Å². The summed E-state index contributed by atoms with van der Waals surface area (Å²) in [5.41, 5.74) is 6.44. The predicted octanol–water partition coefficient (Wildman–Crippen LogP) is 4.66. The van der Waals surface area contributed by atoms with Gasteiger partial charge in [-0.15, -0.1) is 0 Å². The van der Waals surface area contributed by atoms with Gasteiger partial charge in [0, 0.05) is 19.5 Å². The third kappa shape index (κ3) is 4.08. The second-order valence-corrected chi connectivity index (χ2v) is 8.19. The number of fused-ring (bicyclic) bond motifs is 2. The van der Waals surface area contributed by atoms with E-state index in [0.29, 0.717) is 12.0 Å². The summed E-state index contributed by atoms with van der Waals surface area (Å²) in [4.78, 5) is 31.7. The van der Waals surface area contributed by atoms with Crippen LogP contribution >= 0.6 is 0 Å². The molecule has 0 bridgehead atoms. The van der Waals surface area contributed by atoms with Crippen molar-refractivity contribution < 1.29 is 14.3 Å². The summed E-state index contributed by atoms with van der Waals surface area (Å²) in [6.07, 6.45) is 2.80. The fraction of sp³-hybridized carbons (Fsp3) is 0.269. The van der Waals surface area contributed by atoms with E-state index in [0.717, 1.165) is 39.7 Å². The average molecular weight is 415 g/mol. The number of carbonyl (C=O) groups excluding carboxylic acids is 2. The van der Waals surface area contributed by atoms with Gasteiger partial charge in [-0.3, -0.25) is 4.79 Å². The van der Waals surface area contributed by atoms with E-state index in [-0.39, 0.29) is 5.91 Å². The number of pyridine rings is 1. The maximum Gasteiger partial charge on any atom is 0.339 e. The Hall–Kier alpha value is -3.47. The molecule has 5 heteroatoms. The van der Waals surface area contributed by atoms with E-state index >= 15 is 0 Å². The molecule has 1 aliphatic rings. The SMILES string of the molecule is Cc1ccc(/C=C2\CCc3c2nc2ccccc2c3C(=O)O[C@H](C)C(=O)N(C)C)cc1. The highest BCUT2D eigenvalue weighted by atomic mass is 16.5. The number of rotatable bonds is 4. The number of aryl methyl sites for hydroxylation is 1. The number of carbonyl (C=O) groups is 2. The van der Waals surface area contributed by atoms with Crippen LogP contribution in [0.3, 0.4) is 0 Å². The van der Waals surface area contributed by atoms with Gasteiger partial charge in [-0.2, -0.15) is 0 Å². The summed E-state index contributed by atoms with van der Waals surface area (Å²) in [7, 11) is 3.29. The Bertz CT molecular complexity index is 1190. The fourth-order valence-electron chi connectivity index (χ4n) is 4.01. The van der Waals surface area contributed by atoms with Crippen LogP contribution in [-0.2, 0) is 16.0 Å². The monoisotopic (exact) mass is 414 g/mol. The number of amides is 1. The molecule has 3 aromatic rings. The highest BCUT2D eigenvalue weighted by Gasteiger charge is 2.29. The number of nitrogens with zero attached hydrogens (tertiary/aromatic N) is 2. The standard InChI is InChI=1S/C26H26N2O3/c1-16-9-11-18(12-10-16)15-19-13-14-21-23(26(30)31-17(2)25(29)28(3)4)20-7-5-6-8-22(20)27-24(19)21/h5-12,15,17H,13-14H2,1-4H3/b19-15+/t17-/m1/s1. The molecule has 0 saturated heterocycles. The van der Waals surface area contributed by atoms with Crippen LogP contribution in [0.2, 0.25) is 0 Å². The molecule has 1 aliphatic carbocycles. The predicted molar refractivity (Wildman–Crippen MR) is 123 cm³/mol. The zero-order chi connectivity index (χ0) is 22.1. The van der Waals surface area contributed by atoms with Crippen molar-refractivity contribution in [1.29, 1.82) is 0 Å². The Morgan fingerprint density at radius 3 is 2.48 bits per heavy atom. The fourth-order valence-corrected chi connectivity index (χ4v) is 4.01. The quantitative estimate of drug-likeness (QED) is 0.583. The van der Waals surface area contributed by atoms with Crippen molar-refractivity contribution in [3.63, 3.8) is 0 Å². The molecule has 1 atom stereocenters. The smallest absolute Gasteiger partial charge is 0.339 e. The van der Waals surface area contributed by atoms with E-state index in [1.807, 2.05) is 24.3 Å². The number of hydrogen-bond donors (Lipinski definition) is 0. The Morgan fingerprint density at radius 2 is 1.77 bits per heavy atom. The van der Waals surface area contributed by atoms with Crippen LogP contribution in [0, 0.1) is 6.92 Å². The van der Waals surface area contributed by atoms with Crippen molar-refractivity contribution in [2.45, 2.75) is 32.8 Å². The van der Waals surface area contributed by atoms with Gasteiger partial charge in [0.05, 0.1) is 16.8 Å². The third-order valence-electron chi connectivity index (χ3n) is 5.64. The van der Waals surface area contributed by atoms with Gasteiger partial charge in [-0.25, -0.2) is 9.78 Å². The molecule has 0 unspecified atom stereocenters. The zero-order valence-corrected chi connectivity index (χ0v) is 18.3. The molecule has 158 valence electrons. The van der Waals surface area contributed by atoms with Crippen LogP contribution in [-0.4, -0.2) is 42.0 Å². The Balaban J connectivity index is 1.79. The van der Waals surface area contributed by atoms with Crippen molar-refractivity contribution in [2.75, 3.05) is 14.1 Å². The first-order valence-electron chi connectivity index (χ1n) is 10.5. The van der Waals surface area contributed by atoms with Crippen molar-refractivity contribution in [3.8, 4) is 0 Å². The maximum absolute atomic E-state index is 13.2. The van der Waals surface area contributed by atoms with Gasteiger partial charge >= 0.3 is 5.97 Å². The number of aromatic nitrogens is 1. The van der Waals surface area contributed by atoms with Gasteiger partial charge in [0.2, 0.25) is 0 Å². The molecule has 5 nitrogen and oxygen atoms in total. The van der Waals surface area contributed by atoms with E-state index in [1.54, 1.807) is 21.0 Å². The number of hydrogen-bond acceptors (Lipinski definition) is 4. The van der Waals surface area contributed by atoms with Crippen molar-refractivity contribution in [1.82, 2.24) is 9.88 Å².